The van der Waals surface area contributed by atoms with Crippen molar-refractivity contribution in [3.63, 3.8) is 0 Å². The van der Waals surface area contributed by atoms with Crippen LogP contribution in [0.3, 0.4) is 0 Å². The Balaban J connectivity index is 1.69. The first-order valence-electron chi connectivity index (χ1n) is 8.29. The Kier molecular flexibility index (Phi) is 3.03. The summed E-state index contributed by atoms with van der Waals surface area (Å²) in [6.07, 6.45) is 5.73. The van der Waals surface area contributed by atoms with E-state index in [1.54, 1.807) is 16.9 Å². The minimum absolute atomic E-state index is 0.0350. The fourth-order valence-corrected chi connectivity index (χ4v) is 4.83. The van der Waals surface area contributed by atoms with Gasteiger partial charge in [0.25, 0.3) is 5.91 Å². The molecule has 22 heavy (non-hydrogen) atoms. The number of aryl methyl sites for hydroxylation is 1. The molecule has 6 heteroatoms. The van der Waals surface area contributed by atoms with Crippen LogP contribution in [0.1, 0.15) is 43.1 Å². The molecule has 2 saturated heterocycles. The van der Waals surface area contributed by atoms with Gasteiger partial charge in [-0.05, 0) is 25.8 Å². The zero-order valence-electron chi connectivity index (χ0n) is 12.9. The lowest BCUT2D eigenvalue weighted by Crippen LogP contribution is -2.50. The molecule has 0 aromatic carbocycles. The van der Waals surface area contributed by atoms with Crippen LogP contribution in [0, 0.1) is 11.3 Å². The fraction of sp³-hybridized carbons (Fsp3) is 0.688. The lowest BCUT2D eigenvalue weighted by atomic mass is 9.67. The average molecular weight is 302 g/mol. The Hall–Kier alpha value is -1.85. The van der Waals surface area contributed by atoms with Crippen LogP contribution in [0.5, 0.6) is 0 Å². The number of rotatable bonds is 2. The van der Waals surface area contributed by atoms with E-state index in [1.165, 1.54) is 0 Å². The number of aromatic nitrogens is 2. The molecule has 1 N–H and O–H groups in total. The lowest BCUT2D eigenvalue weighted by molar-refractivity contribution is -0.131. The Morgan fingerprint density at radius 1 is 1.50 bits per heavy atom. The molecule has 3 fully saturated rings. The zero-order chi connectivity index (χ0) is 15.3. The molecule has 1 saturated carbocycles. The molecule has 0 unspecified atom stereocenters. The molecular formula is C16H22N4O2. The van der Waals surface area contributed by atoms with Crippen molar-refractivity contribution >= 4 is 11.8 Å². The monoisotopic (exact) mass is 302 g/mol. The Bertz CT molecular complexity index is 625. The summed E-state index contributed by atoms with van der Waals surface area (Å²) in [5.41, 5.74) is 0.314. The van der Waals surface area contributed by atoms with Crippen LogP contribution in [0.4, 0.5) is 0 Å². The minimum atomic E-state index is -0.328. The predicted molar refractivity (Wildman–Crippen MR) is 80.1 cm³/mol. The van der Waals surface area contributed by atoms with Gasteiger partial charge in [-0.2, -0.15) is 5.10 Å². The van der Waals surface area contributed by atoms with Crippen LogP contribution in [0.15, 0.2) is 12.3 Å². The molecule has 118 valence electrons. The van der Waals surface area contributed by atoms with E-state index in [9.17, 15) is 9.59 Å². The number of hydrogen-bond acceptors (Lipinski definition) is 3. The van der Waals surface area contributed by atoms with E-state index in [2.05, 4.69) is 10.4 Å². The predicted octanol–water partition coefficient (Wildman–Crippen LogP) is 1.03. The van der Waals surface area contributed by atoms with Crippen LogP contribution in [-0.4, -0.2) is 45.6 Å². The molecule has 6 nitrogen and oxygen atoms in total. The normalized spacial score (nSPS) is 33.5. The highest BCUT2D eigenvalue weighted by molar-refractivity contribution is 5.95. The first-order valence-corrected chi connectivity index (χ1v) is 8.29. The van der Waals surface area contributed by atoms with Crippen LogP contribution in [0.2, 0.25) is 0 Å². The highest BCUT2D eigenvalue weighted by atomic mass is 16.2. The van der Waals surface area contributed by atoms with Gasteiger partial charge in [0.1, 0.15) is 5.69 Å². The number of nitrogens with one attached hydrogen (secondary N) is 1. The van der Waals surface area contributed by atoms with Gasteiger partial charge in [0.15, 0.2) is 0 Å². The quantitative estimate of drug-likeness (QED) is 0.887. The largest absolute Gasteiger partial charge is 0.355 e. The third kappa shape index (κ3) is 1.63. The molecule has 3 atom stereocenters. The smallest absolute Gasteiger partial charge is 0.272 e. The maximum atomic E-state index is 13.0. The van der Waals surface area contributed by atoms with Crippen LogP contribution >= 0.6 is 0 Å². The van der Waals surface area contributed by atoms with Crippen molar-refractivity contribution in [3.05, 3.63) is 18.0 Å². The summed E-state index contributed by atoms with van der Waals surface area (Å²) >= 11 is 0. The number of nitrogens with zero attached hydrogens (tertiary/aromatic N) is 3. The molecule has 0 radical (unpaired) electrons. The van der Waals surface area contributed by atoms with Crippen LogP contribution in [-0.2, 0) is 11.3 Å². The number of carbonyl (C=O) groups is 2. The Labute approximate surface area is 129 Å². The Morgan fingerprint density at radius 2 is 2.36 bits per heavy atom. The topological polar surface area (TPSA) is 67.2 Å². The summed E-state index contributed by atoms with van der Waals surface area (Å²) in [5, 5.41) is 7.24. The van der Waals surface area contributed by atoms with Gasteiger partial charge < -0.3 is 10.2 Å². The second kappa shape index (κ2) is 4.83. The summed E-state index contributed by atoms with van der Waals surface area (Å²) < 4.78 is 1.74. The summed E-state index contributed by atoms with van der Waals surface area (Å²) in [6.45, 7) is 4.07. The molecule has 4 rings (SSSR count). The fourth-order valence-electron chi connectivity index (χ4n) is 4.83. The Morgan fingerprint density at radius 3 is 3.18 bits per heavy atom. The molecule has 1 spiro atoms. The molecule has 2 amide bonds. The van der Waals surface area contributed by atoms with E-state index in [0.29, 0.717) is 25.3 Å². The minimum Gasteiger partial charge on any atom is -0.355 e. The van der Waals surface area contributed by atoms with Gasteiger partial charge in [0.2, 0.25) is 5.91 Å². The molecule has 1 aromatic heterocycles. The van der Waals surface area contributed by atoms with Gasteiger partial charge in [-0.15, -0.1) is 0 Å². The van der Waals surface area contributed by atoms with Gasteiger partial charge in [0.05, 0.1) is 5.41 Å². The number of amides is 2. The maximum Gasteiger partial charge on any atom is 0.272 e. The van der Waals surface area contributed by atoms with Crippen LogP contribution in [0.25, 0.3) is 0 Å². The van der Waals surface area contributed by atoms with E-state index >= 15 is 0 Å². The van der Waals surface area contributed by atoms with Gasteiger partial charge in [-0.3, -0.25) is 14.3 Å². The third-order valence-corrected chi connectivity index (χ3v) is 5.86. The standard InChI is InChI=1S/C16H22N4O2/c1-2-20-12(6-8-18-20)14(21)19-10-11-9-17-15(22)16(11)7-4-3-5-13(16)19/h6,8,11,13H,2-5,7,9-10H2,1H3,(H,17,22)/t11-,13-,16-/m1/s1. The molecule has 3 aliphatic rings. The van der Waals surface area contributed by atoms with Crippen molar-refractivity contribution < 1.29 is 9.59 Å². The third-order valence-electron chi connectivity index (χ3n) is 5.86. The van der Waals surface area contributed by atoms with Crippen LogP contribution < -0.4 is 5.32 Å². The second-order valence-corrected chi connectivity index (χ2v) is 6.70. The first-order chi connectivity index (χ1) is 10.7. The molecular weight excluding hydrogens is 280 g/mol. The van der Waals surface area contributed by atoms with Gasteiger partial charge in [0, 0.05) is 37.8 Å². The van der Waals surface area contributed by atoms with Gasteiger partial charge >= 0.3 is 0 Å². The van der Waals surface area contributed by atoms with E-state index in [1.807, 2.05) is 11.8 Å². The highest BCUT2D eigenvalue weighted by Gasteiger charge is 2.63. The highest BCUT2D eigenvalue weighted by Crippen LogP contribution is 2.52. The number of hydrogen-bond donors (Lipinski definition) is 1. The van der Waals surface area contributed by atoms with E-state index in [-0.39, 0.29) is 29.2 Å². The van der Waals surface area contributed by atoms with Crippen molar-refractivity contribution in [2.75, 3.05) is 13.1 Å². The van der Waals surface area contributed by atoms with Crippen molar-refractivity contribution in [2.45, 2.75) is 45.2 Å². The summed E-state index contributed by atoms with van der Waals surface area (Å²) in [7, 11) is 0. The maximum absolute atomic E-state index is 13.0. The number of likely N-dealkylation sites (tertiary alicyclic amines) is 1. The lowest BCUT2D eigenvalue weighted by Gasteiger charge is -2.39. The van der Waals surface area contributed by atoms with E-state index in [0.717, 1.165) is 25.7 Å². The summed E-state index contributed by atoms with van der Waals surface area (Å²) in [5.74, 6) is 0.474. The summed E-state index contributed by atoms with van der Waals surface area (Å²) in [4.78, 5) is 27.5. The molecule has 1 aliphatic carbocycles. The van der Waals surface area contributed by atoms with Crippen molar-refractivity contribution in [3.8, 4) is 0 Å². The van der Waals surface area contributed by atoms with Crippen molar-refractivity contribution in [1.82, 2.24) is 20.0 Å². The van der Waals surface area contributed by atoms with Crippen molar-refractivity contribution in [2.24, 2.45) is 11.3 Å². The SMILES string of the molecule is CCn1nccc1C(=O)N1C[C@H]2CNC(=O)[C@]23CCCC[C@@H]13. The second-order valence-electron chi connectivity index (χ2n) is 6.70. The van der Waals surface area contributed by atoms with E-state index in [4.69, 9.17) is 0 Å². The first kappa shape index (κ1) is 13.8. The molecule has 3 heterocycles. The van der Waals surface area contributed by atoms with E-state index < -0.39 is 0 Å². The molecule has 0 bridgehead atoms. The molecule has 2 aliphatic heterocycles. The molecule has 1 aromatic rings. The zero-order valence-corrected chi connectivity index (χ0v) is 12.9. The average Bonchev–Trinajstić information content (AvgIpc) is 3.21. The van der Waals surface area contributed by atoms with Gasteiger partial charge in [-0.1, -0.05) is 12.8 Å². The van der Waals surface area contributed by atoms with Crippen molar-refractivity contribution in [1.29, 1.82) is 0 Å². The van der Waals surface area contributed by atoms with Gasteiger partial charge in [-0.25, -0.2) is 0 Å². The summed E-state index contributed by atoms with van der Waals surface area (Å²) in [6, 6.07) is 1.84. The number of carbonyl (C=O) groups excluding carboxylic acids is 2.